The molecule has 4 aliphatic carbocycles. The molecular formula is C54H42N2S2. The number of hydrogen-bond donors (Lipinski definition) is 0. The van der Waals surface area contributed by atoms with Crippen molar-refractivity contribution in [2.24, 2.45) is 5.41 Å². The van der Waals surface area contributed by atoms with Crippen molar-refractivity contribution in [2.45, 2.75) is 47.8 Å². The van der Waals surface area contributed by atoms with E-state index in [-0.39, 0.29) is 16.9 Å². The lowest BCUT2D eigenvalue weighted by atomic mass is 9.51. The highest BCUT2D eigenvalue weighted by atomic mass is 32.2. The summed E-state index contributed by atoms with van der Waals surface area (Å²) in [5, 5.41) is 3.05. The summed E-state index contributed by atoms with van der Waals surface area (Å²) < 4.78 is 2.63. The van der Waals surface area contributed by atoms with Crippen LogP contribution in [-0.4, -0.2) is 10.8 Å². The van der Waals surface area contributed by atoms with Gasteiger partial charge in [0.25, 0.3) is 0 Å². The molecule has 5 atom stereocenters. The maximum atomic E-state index is 2.73. The topological polar surface area (TPSA) is 6.48 Å². The van der Waals surface area contributed by atoms with Gasteiger partial charge in [-0.25, -0.2) is 0 Å². The van der Waals surface area contributed by atoms with Crippen molar-refractivity contribution in [1.29, 1.82) is 0 Å². The summed E-state index contributed by atoms with van der Waals surface area (Å²) in [4.78, 5) is 6.66. The van der Waals surface area contributed by atoms with Gasteiger partial charge in [0.15, 0.2) is 0 Å². The number of thiophene rings is 1. The van der Waals surface area contributed by atoms with Crippen LogP contribution in [0.15, 0.2) is 186 Å². The molecule has 1 aliphatic heterocycles. The minimum Gasteiger partial charge on any atom is -0.333 e. The third-order valence-corrected chi connectivity index (χ3v) is 16.4. The van der Waals surface area contributed by atoms with E-state index in [1.165, 1.54) is 75.6 Å². The van der Waals surface area contributed by atoms with E-state index in [4.69, 9.17) is 0 Å². The Bertz CT molecular complexity index is 2970. The van der Waals surface area contributed by atoms with Crippen molar-refractivity contribution in [3.05, 3.63) is 204 Å². The molecule has 6 aromatic carbocycles. The molecule has 0 saturated heterocycles. The van der Waals surface area contributed by atoms with Gasteiger partial charge in [0.05, 0.1) is 27.3 Å². The van der Waals surface area contributed by atoms with Gasteiger partial charge in [-0.05, 0) is 84.1 Å². The lowest BCUT2D eigenvalue weighted by molar-refractivity contribution is 0.179. The fourth-order valence-electron chi connectivity index (χ4n) is 10.9. The van der Waals surface area contributed by atoms with E-state index in [1.807, 2.05) is 23.1 Å². The fraction of sp³-hybridized carbons (Fsp3) is 0.148. The predicted octanol–water partition coefficient (Wildman–Crippen LogP) is 15.3. The van der Waals surface area contributed by atoms with Crippen LogP contribution in [0.5, 0.6) is 0 Å². The maximum absolute atomic E-state index is 2.73. The van der Waals surface area contributed by atoms with Crippen molar-refractivity contribution in [3.8, 4) is 0 Å². The molecule has 5 aliphatic rings. The third-order valence-electron chi connectivity index (χ3n) is 13.8. The molecule has 12 rings (SSSR count). The molecule has 2 heterocycles. The van der Waals surface area contributed by atoms with E-state index >= 15 is 0 Å². The van der Waals surface area contributed by atoms with Crippen molar-refractivity contribution < 1.29 is 0 Å². The minimum atomic E-state index is -0.300. The quantitative estimate of drug-likeness (QED) is 0.166. The molecule has 0 bridgehead atoms. The van der Waals surface area contributed by atoms with Crippen LogP contribution in [0, 0.1) is 5.41 Å². The normalized spacial score (nSPS) is 24.4. The minimum absolute atomic E-state index is 0.174. The van der Waals surface area contributed by atoms with Crippen LogP contribution < -0.4 is 9.80 Å². The van der Waals surface area contributed by atoms with Crippen LogP contribution in [0.1, 0.15) is 54.4 Å². The van der Waals surface area contributed by atoms with E-state index in [9.17, 15) is 0 Å². The molecular weight excluding hydrogens is 741 g/mol. The van der Waals surface area contributed by atoms with Gasteiger partial charge in [-0.2, -0.15) is 0 Å². The highest BCUT2D eigenvalue weighted by Crippen LogP contribution is 2.65. The van der Waals surface area contributed by atoms with Crippen LogP contribution >= 0.6 is 23.1 Å². The Morgan fingerprint density at radius 2 is 1.38 bits per heavy atom. The van der Waals surface area contributed by atoms with E-state index in [2.05, 4.69) is 212 Å². The number of allylic oxidation sites excluding steroid dienone is 5. The summed E-state index contributed by atoms with van der Waals surface area (Å²) in [6.07, 6.45) is 22.6. The van der Waals surface area contributed by atoms with Crippen LogP contribution in [0.25, 0.3) is 32.3 Å². The number of anilines is 5. The van der Waals surface area contributed by atoms with Gasteiger partial charge in [-0.1, -0.05) is 147 Å². The second-order valence-corrected chi connectivity index (χ2v) is 19.0. The first kappa shape index (κ1) is 34.3. The third kappa shape index (κ3) is 4.79. The Morgan fingerprint density at radius 1 is 0.638 bits per heavy atom. The molecule has 4 heteroatoms. The lowest BCUT2D eigenvalue weighted by Crippen LogP contribution is -2.59. The van der Waals surface area contributed by atoms with Gasteiger partial charge < -0.3 is 9.80 Å². The number of para-hydroxylation sites is 2. The van der Waals surface area contributed by atoms with Crippen molar-refractivity contribution in [2.75, 3.05) is 9.80 Å². The summed E-state index contributed by atoms with van der Waals surface area (Å²) in [7, 11) is 0. The van der Waals surface area contributed by atoms with E-state index < -0.39 is 0 Å². The zero-order valence-corrected chi connectivity index (χ0v) is 34.2. The summed E-state index contributed by atoms with van der Waals surface area (Å²) in [5.41, 5.74) is 12.5. The van der Waals surface area contributed by atoms with Gasteiger partial charge in [0.1, 0.15) is 0 Å². The number of benzene rings is 6. The largest absolute Gasteiger partial charge is 0.333 e. The predicted molar refractivity (Wildman–Crippen MR) is 250 cm³/mol. The van der Waals surface area contributed by atoms with Crippen LogP contribution in [0.3, 0.4) is 0 Å². The van der Waals surface area contributed by atoms with E-state index in [1.54, 1.807) is 0 Å². The van der Waals surface area contributed by atoms with Crippen LogP contribution in [-0.2, 0) is 0 Å². The lowest BCUT2D eigenvalue weighted by Gasteiger charge is -2.60. The van der Waals surface area contributed by atoms with E-state index in [0.717, 1.165) is 12.1 Å². The highest BCUT2D eigenvalue weighted by molar-refractivity contribution is 8.00. The molecule has 0 amide bonds. The van der Waals surface area contributed by atoms with Crippen molar-refractivity contribution >= 4 is 83.9 Å². The van der Waals surface area contributed by atoms with Gasteiger partial charge in [-0.15, -0.1) is 23.1 Å². The molecule has 1 aromatic heterocycles. The summed E-state index contributed by atoms with van der Waals surface area (Å²) >= 11 is 3.93. The molecule has 0 radical (unpaired) electrons. The van der Waals surface area contributed by atoms with Crippen molar-refractivity contribution in [3.63, 3.8) is 0 Å². The monoisotopic (exact) mass is 782 g/mol. The fourth-order valence-corrected chi connectivity index (χ4v) is 13.5. The summed E-state index contributed by atoms with van der Waals surface area (Å²) in [6, 6.07) is 49.6. The average molecular weight is 783 g/mol. The van der Waals surface area contributed by atoms with Crippen molar-refractivity contribution in [1.82, 2.24) is 0 Å². The molecule has 58 heavy (non-hydrogen) atoms. The van der Waals surface area contributed by atoms with Gasteiger partial charge in [0, 0.05) is 59.8 Å². The molecule has 7 aromatic rings. The Labute approximate surface area is 348 Å². The summed E-state index contributed by atoms with van der Waals surface area (Å²) in [5.74, 6) is 0.578. The average Bonchev–Trinajstić information content (AvgIpc) is 3.85. The van der Waals surface area contributed by atoms with Gasteiger partial charge >= 0.3 is 0 Å². The number of hydrogen-bond acceptors (Lipinski definition) is 4. The van der Waals surface area contributed by atoms with E-state index in [0.29, 0.717) is 11.2 Å². The Kier molecular flexibility index (Phi) is 7.59. The molecule has 0 N–H and O–H groups in total. The standard InChI is InChI=1S/C54H42N2S2/c1-53-33-31-35-28-30-44(55(37-15-5-3-6-16-37)45-23-13-21-41-39-19-9-11-25-47(39)57-51(41)45)43-29-27-36(50(53)49(35)43)32-34-54(53,2)56(38-17-7-4-8-18-38)46-24-14-22-42-40-20-10-12-26-48(40)58-52(42)46/h3-33,40,48,50H,34H2,1-2H3. The number of fused-ring (bicyclic) bond motifs is 6. The Hall–Kier alpha value is -5.81. The Morgan fingerprint density at radius 3 is 2.24 bits per heavy atom. The van der Waals surface area contributed by atoms with Gasteiger partial charge in [0.2, 0.25) is 0 Å². The zero-order valence-electron chi connectivity index (χ0n) is 32.5. The number of thioether (sulfide) groups is 1. The second-order valence-electron chi connectivity index (χ2n) is 16.7. The molecule has 0 spiro atoms. The Balaban J connectivity index is 1.05. The second kappa shape index (κ2) is 12.8. The molecule has 0 saturated carbocycles. The number of nitrogens with zero attached hydrogens (tertiary/aromatic N) is 2. The first-order valence-electron chi connectivity index (χ1n) is 20.5. The molecule has 2 nitrogen and oxygen atoms in total. The first-order chi connectivity index (χ1) is 28.5. The SMILES string of the molecule is CC12C=Cc3ccc(N(c4ccccc4)c4cccc5c4sc4ccccc45)c4c3C1C(=CCC2(C)N(c1ccccc1)c1cccc2c1SC1C=CC=CC21)C=C4. The molecule has 5 unspecified atom stereocenters. The maximum Gasteiger partial charge on any atom is 0.0640 e. The van der Waals surface area contributed by atoms with Crippen LogP contribution in [0.2, 0.25) is 0 Å². The smallest absolute Gasteiger partial charge is 0.0640 e. The van der Waals surface area contributed by atoms with Gasteiger partial charge in [-0.3, -0.25) is 0 Å². The first-order valence-corrected chi connectivity index (χ1v) is 22.2. The zero-order chi connectivity index (χ0) is 38.6. The highest BCUT2D eigenvalue weighted by Gasteiger charge is 2.57. The number of rotatable bonds is 6. The molecule has 0 fully saturated rings. The summed E-state index contributed by atoms with van der Waals surface area (Å²) in [6.45, 7) is 5.08. The molecule has 280 valence electrons. The van der Waals surface area contributed by atoms with Crippen LogP contribution in [0.4, 0.5) is 28.4 Å².